The molecular weight excluding hydrogens is 510 g/mol. The van der Waals surface area contributed by atoms with E-state index in [9.17, 15) is 25.2 Å². The molecule has 0 aliphatic carbocycles. The summed E-state index contributed by atoms with van der Waals surface area (Å²) in [4.78, 5) is 14.5. The molecule has 1 aromatic rings. The average Bonchev–Trinajstić information content (AvgIpc) is 2.86. The molecule has 5 rings (SSSR count). The van der Waals surface area contributed by atoms with E-state index in [0.29, 0.717) is 24.6 Å². The number of rotatable bonds is 3. The molecule has 4 aliphatic rings. The molecule has 9 atom stereocenters. The number of aliphatic hydroxyl groups is 4. The Balaban J connectivity index is 1.31. The van der Waals surface area contributed by atoms with Gasteiger partial charge in [-0.2, -0.15) is 0 Å². The summed E-state index contributed by atoms with van der Waals surface area (Å²) in [6, 6.07) is 5.30. The van der Waals surface area contributed by atoms with Gasteiger partial charge in [-0.05, 0) is 59.6 Å². The van der Waals surface area contributed by atoms with E-state index in [4.69, 9.17) is 23.7 Å². The van der Waals surface area contributed by atoms with Crippen molar-refractivity contribution in [2.24, 2.45) is 11.8 Å². The Morgan fingerprint density at radius 3 is 2.56 bits per heavy atom. The lowest BCUT2D eigenvalue weighted by Crippen LogP contribution is -2.60. The van der Waals surface area contributed by atoms with E-state index in [0.717, 1.165) is 18.4 Å². The lowest BCUT2D eigenvalue weighted by molar-refractivity contribution is -0.277. The number of benzene rings is 1. The first-order chi connectivity index (χ1) is 18.3. The molecule has 0 unspecified atom stereocenters. The highest BCUT2D eigenvalue weighted by Crippen LogP contribution is 2.53. The van der Waals surface area contributed by atoms with Gasteiger partial charge in [0.25, 0.3) is 0 Å². The maximum absolute atomic E-state index is 12.7. The van der Waals surface area contributed by atoms with Gasteiger partial charge in [-0.25, -0.2) is 4.79 Å². The SMILES string of the molecule is CC(C)(C)OC(=O)N1CC[C@H]2O[C@H]3c4ccc(O[C@@H]5O[C@H](CO)[C@@H](O)[C@H](O)[C@H]5O)cc4OC(C)(C)[C@@H]3C[C@H]2C1. The summed E-state index contributed by atoms with van der Waals surface area (Å²) in [6.45, 7) is 10.3. The first-order valence-electron chi connectivity index (χ1n) is 13.7. The summed E-state index contributed by atoms with van der Waals surface area (Å²) < 4.78 is 30.0. The number of carbonyl (C=O) groups is 1. The molecule has 0 spiro atoms. The van der Waals surface area contributed by atoms with E-state index < -0.39 is 48.5 Å². The molecule has 4 aliphatic heterocycles. The van der Waals surface area contributed by atoms with Gasteiger partial charge in [0.2, 0.25) is 6.29 Å². The number of nitrogens with zero attached hydrogens (tertiary/aromatic N) is 1. The first kappa shape index (κ1) is 28.4. The van der Waals surface area contributed by atoms with Crippen molar-refractivity contribution in [3.05, 3.63) is 23.8 Å². The van der Waals surface area contributed by atoms with E-state index in [1.807, 2.05) is 40.7 Å². The maximum atomic E-state index is 12.7. The fraction of sp³-hybridized carbons (Fsp3) is 0.750. The number of aliphatic hydroxyl groups excluding tert-OH is 4. The van der Waals surface area contributed by atoms with Crippen LogP contribution < -0.4 is 9.47 Å². The molecule has 11 heteroatoms. The van der Waals surface area contributed by atoms with Gasteiger partial charge in [0.05, 0.1) is 18.8 Å². The van der Waals surface area contributed by atoms with Gasteiger partial charge < -0.3 is 49.0 Å². The number of amides is 1. The molecule has 11 nitrogen and oxygen atoms in total. The Hall–Kier alpha value is -2.15. The van der Waals surface area contributed by atoms with Crippen LogP contribution in [0.25, 0.3) is 0 Å². The van der Waals surface area contributed by atoms with Crippen LogP contribution in [-0.2, 0) is 14.2 Å². The van der Waals surface area contributed by atoms with Crippen molar-refractivity contribution in [3.8, 4) is 11.5 Å². The molecule has 39 heavy (non-hydrogen) atoms. The van der Waals surface area contributed by atoms with Crippen molar-refractivity contribution in [1.82, 2.24) is 4.90 Å². The predicted molar refractivity (Wildman–Crippen MR) is 137 cm³/mol. The van der Waals surface area contributed by atoms with Gasteiger partial charge in [0.15, 0.2) is 0 Å². The van der Waals surface area contributed by atoms with Crippen LogP contribution in [0.4, 0.5) is 4.79 Å². The Morgan fingerprint density at radius 1 is 1.13 bits per heavy atom. The van der Waals surface area contributed by atoms with Gasteiger partial charge in [-0.3, -0.25) is 0 Å². The average molecular weight is 552 g/mol. The molecule has 0 radical (unpaired) electrons. The summed E-state index contributed by atoms with van der Waals surface area (Å²) in [5.41, 5.74) is -0.219. The maximum Gasteiger partial charge on any atom is 0.410 e. The van der Waals surface area contributed by atoms with Crippen LogP contribution in [0, 0.1) is 11.8 Å². The molecule has 0 bridgehead atoms. The fourth-order valence-corrected chi connectivity index (χ4v) is 6.15. The Morgan fingerprint density at radius 2 is 1.87 bits per heavy atom. The standard InChI is InChI=1S/C28H41NO10/c1-27(2,3)39-26(34)29-9-8-18-14(12-29)10-17-24(36-18)16-7-6-15(11-19(16)38-28(17,4)5)35-25-23(33)22(32)21(31)20(13-30)37-25/h6-7,11,14,17-18,20-25,30-33H,8-10,12-13H2,1-5H3/t14-,17+,18+,20+,21+,22-,23+,24-,25+/m0/s1. The van der Waals surface area contributed by atoms with Crippen LogP contribution in [0.2, 0.25) is 0 Å². The fourth-order valence-electron chi connectivity index (χ4n) is 6.15. The number of likely N-dealkylation sites (tertiary alicyclic amines) is 1. The van der Waals surface area contributed by atoms with Crippen LogP contribution >= 0.6 is 0 Å². The van der Waals surface area contributed by atoms with E-state index in [1.165, 1.54) is 0 Å². The van der Waals surface area contributed by atoms with Crippen molar-refractivity contribution in [3.63, 3.8) is 0 Å². The lowest BCUT2D eigenvalue weighted by atomic mass is 9.70. The topological polar surface area (TPSA) is 147 Å². The Bertz CT molecular complexity index is 1060. The monoisotopic (exact) mass is 551 g/mol. The zero-order valence-corrected chi connectivity index (χ0v) is 23.1. The predicted octanol–water partition coefficient (Wildman–Crippen LogP) is 1.74. The van der Waals surface area contributed by atoms with Crippen molar-refractivity contribution in [2.45, 2.75) is 102 Å². The van der Waals surface area contributed by atoms with Gasteiger partial charge in [0, 0.05) is 36.6 Å². The quantitative estimate of drug-likeness (QED) is 0.438. The van der Waals surface area contributed by atoms with E-state index >= 15 is 0 Å². The second kappa shape index (κ2) is 10.4. The summed E-state index contributed by atoms with van der Waals surface area (Å²) in [5, 5.41) is 39.9. The molecule has 1 aromatic carbocycles. The normalized spacial score (nSPS) is 37.6. The number of ether oxygens (including phenoxy) is 5. The number of piperidine rings is 1. The number of hydrogen-bond donors (Lipinski definition) is 4. The van der Waals surface area contributed by atoms with E-state index in [-0.39, 0.29) is 30.1 Å². The summed E-state index contributed by atoms with van der Waals surface area (Å²) >= 11 is 0. The number of carbonyl (C=O) groups excluding carboxylic acids is 1. The third kappa shape index (κ3) is 5.57. The highest BCUT2D eigenvalue weighted by atomic mass is 16.7. The van der Waals surface area contributed by atoms with Crippen LogP contribution in [0.3, 0.4) is 0 Å². The van der Waals surface area contributed by atoms with Gasteiger partial charge in [-0.1, -0.05) is 0 Å². The molecule has 4 heterocycles. The van der Waals surface area contributed by atoms with Crippen LogP contribution in [0.5, 0.6) is 11.5 Å². The van der Waals surface area contributed by atoms with Crippen LogP contribution in [0.15, 0.2) is 18.2 Å². The Labute approximate surface area is 228 Å². The highest BCUT2D eigenvalue weighted by molar-refractivity contribution is 5.68. The third-order valence-electron chi connectivity index (χ3n) is 8.22. The van der Waals surface area contributed by atoms with Gasteiger partial charge in [0.1, 0.15) is 47.1 Å². The largest absolute Gasteiger partial charge is 0.487 e. The summed E-state index contributed by atoms with van der Waals surface area (Å²) in [6.07, 6.45) is -5.76. The second-order valence-electron chi connectivity index (χ2n) is 12.6. The van der Waals surface area contributed by atoms with Gasteiger partial charge in [-0.15, -0.1) is 0 Å². The third-order valence-corrected chi connectivity index (χ3v) is 8.22. The molecule has 218 valence electrons. The zero-order chi connectivity index (χ0) is 28.3. The number of hydrogen-bond acceptors (Lipinski definition) is 10. The molecular formula is C28H41NO10. The molecule has 1 amide bonds. The highest BCUT2D eigenvalue weighted by Gasteiger charge is 2.52. The minimum Gasteiger partial charge on any atom is -0.487 e. The van der Waals surface area contributed by atoms with Crippen molar-refractivity contribution >= 4 is 6.09 Å². The molecule has 3 saturated heterocycles. The van der Waals surface area contributed by atoms with Crippen LogP contribution in [0.1, 0.15) is 59.1 Å². The Kier molecular flexibility index (Phi) is 7.53. The summed E-state index contributed by atoms with van der Waals surface area (Å²) in [5.74, 6) is 1.16. The molecule has 0 saturated carbocycles. The molecule has 3 fully saturated rings. The zero-order valence-electron chi connectivity index (χ0n) is 23.1. The van der Waals surface area contributed by atoms with Gasteiger partial charge >= 0.3 is 6.09 Å². The minimum atomic E-state index is -1.53. The van der Waals surface area contributed by atoms with Crippen LogP contribution in [-0.4, -0.2) is 99.1 Å². The first-order valence-corrected chi connectivity index (χ1v) is 13.7. The molecule has 4 N–H and O–H groups in total. The van der Waals surface area contributed by atoms with E-state index in [1.54, 1.807) is 17.0 Å². The molecule has 0 aromatic heterocycles. The van der Waals surface area contributed by atoms with Crippen molar-refractivity contribution in [2.75, 3.05) is 19.7 Å². The van der Waals surface area contributed by atoms with Crippen molar-refractivity contribution in [1.29, 1.82) is 0 Å². The number of fused-ring (bicyclic) bond motifs is 4. The second-order valence-corrected chi connectivity index (χ2v) is 12.6. The van der Waals surface area contributed by atoms with E-state index in [2.05, 4.69) is 0 Å². The lowest BCUT2D eigenvalue weighted by Gasteiger charge is -2.53. The smallest absolute Gasteiger partial charge is 0.410 e. The minimum absolute atomic E-state index is 0.0109. The van der Waals surface area contributed by atoms with Crippen molar-refractivity contribution < 1.29 is 48.9 Å². The summed E-state index contributed by atoms with van der Waals surface area (Å²) in [7, 11) is 0.